The Labute approximate surface area is 181 Å². The van der Waals surface area contributed by atoms with Gasteiger partial charge in [-0.2, -0.15) is 0 Å². The number of nitrogens with one attached hydrogen (secondary N) is 1. The molecule has 7 heteroatoms. The quantitative estimate of drug-likeness (QED) is 0.755. The van der Waals surface area contributed by atoms with Crippen LogP contribution in [0.3, 0.4) is 0 Å². The van der Waals surface area contributed by atoms with Crippen molar-refractivity contribution in [1.82, 2.24) is 14.8 Å². The second-order valence-electron chi connectivity index (χ2n) is 8.23. The van der Waals surface area contributed by atoms with Crippen LogP contribution in [0.1, 0.15) is 37.8 Å². The highest BCUT2D eigenvalue weighted by atomic mass is 16.2. The molecule has 7 nitrogen and oxygen atoms in total. The van der Waals surface area contributed by atoms with Gasteiger partial charge in [-0.3, -0.25) is 24.3 Å². The Morgan fingerprint density at radius 2 is 1.81 bits per heavy atom. The van der Waals surface area contributed by atoms with E-state index in [9.17, 15) is 14.4 Å². The van der Waals surface area contributed by atoms with Crippen LogP contribution in [-0.4, -0.2) is 45.6 Å². The minimum absolute atomic E-state index is 0.161. The van der Waals surface area contributed by atoms with E-state index in [-0.39, 0.29) is 24.3 Å². The minimum Gasteiger partial charge on any atom is -0.366 e. The van der Waals surface area contributed by atoms with Gasteiger partial charge in [-0.25, -0.2) is 0 Å². The van der Waals surface area contributed by atoms with Crippen LogP contribution in [0.4, 0.5) is 5.69 Å². The Morgan fingerprint density at radius 3 is 2.45 bits per heavy atom. The van der Waals surface area contributed by atoms with E-state index in [0.29, 0.717) is 28.4 Å². The Morgan fingerprint density at radius 1 is 1.10 bits per heavy atom. The largest absolute Gasteiger partial charge is 0.366 e. The number of imide groups is 1. The molecule has 1 fully saturated rings. The first-order valence-corrected chi connectivity index (χ1v) is 10.6. The first-order chi connectivity index (χ1) is 14.9. The molecule has 0 radical (unpaired) electrons. The van der Waals surface area contributed by atoms with Gasteiger partial charge in [-0.15, -0.1) is 0 Å². The average Bonchev–Trinajstić information content (AvgIpc) is 2.99. The van der Waals surface area contributed by atoms with Gasteiger partial charge in [0.1, 0.15) is 5.70 Å². The van der Waals surface area contributed by atoms with Crippen molar-refractivity contribution in [1.29, 1.82) is 0 Å². The summed E-state index contributed by atoms with van der Waals surface area (Å²) in [7, 11) is 0. The Hall–Kier alpha value is -3.48. The van der Waals surface area contributed by atoms with Crippen LogP contribution in [0.2, 0.25) is 0 Å². The summed E-state index contributed by atoms with van der Waals surface area (Å²) in [6.45, 7) is 5.34. The number of aromatic nitrogens is 1. The number of hydrogen-bond acceptors (Lipinski definition) is 5. The molecule has 3 amide bonds. The van der Waals surface area contributed by atoms with E-state index in [1.807, 2.05) is 12.1 Å². The van der Waals surface area contributed by atoms with E-state index >= 15 is 0 Å². The summed E-state index contributed by atoms with van der Waals surface area (Å²) in [5.74, 6) is -0.244. The topological polar surface area (TPSA) is 82.6 Å². The second kappa shape index (κ2) is 8.71. The lowest BCUT2D eigenvalue weighted by Gasteiger charge is -2.33. The number of anilines is 1. The first-order valence-electron chi connectivity index (χ1n) is 10.6. The normalized spacial score (nSPS) is 19.2. The molecule has 2 aliphatic rings. The van der Waals surface area contributed by atoms with Crippen LogP contribution in [-0.2, 0) is 20.9 Å². The van der Waals surface area contributed by atoms with Gasteiger partial charge in [-0.1, -0.05) is 19.1 Å². The predicted molar refractivity (Wildman–Crippen MR) is 117 cm³/mol. The van der Waals surface area contributed by atoms with E-state index in [0.717, 1.165) is 31.5 Å². The fourth-order valence-electron chi connectivity index (χ4n) is 4.25. The summed E-state index contributed by atoms with van der Waals surface area (Å²) in [4.78, 5) is 45.6. The van der Waals surface area contributed by atoms with Crippen molar-refractivity contribution in [3.8, 4) is 0 Å². The molecule has 0 aliphatic carbocycles. The lowest BCUT2D eigenvalue weighted by molar-refractivity contribution is -0.138. The Bertz CT molecular complexity index is 1030. The van der Waals surface area contributed by atoms with E-state index in [1.54, 1.807) is 36.7 Å². The van der Waals surface area contributed by atoms with Crippen molar-refractivity contribution in [3.63, 3.8) is 0 Å². The van der Waals surface area contributed by atoms with Crippen molar-refractivity contribution < 1.29 is 14.4 Å². The average molecular weight is 418 g/mol. The monoisotopic (exact) mass is 418 g/mol. The molecule has 1 atom stereocenters. The molecule has 1 unspecified atom stereocenters. The van der Waals surface area contributed by atoms with E-state index < -0.39 is 0 Å². The molecule has 4 rings (SSSR count). The zero-order valence-corrected chi connectivity index (χ0v) is 17.8. The lowest BCUT2D eigenvalue weighted by Crippen LogP contribution is -2.39. The van der Waals surface area contributed by atoms with Gasteiger partial charge in [0.25, 0.3) is 11.8 Å². The number of rotatable bonds is 5. The molecule has 3 heterocycles. The molecule has 1 saturated heterocycles. The zero-order chi connectivity index (χ0) is 22.0. The Kier molecular flexibility index (Phi) is 5.84. The van der Waals surface area contributed by atoms with Crippen LogP contribution in [0, 0.1) is 5.92 Å². The van der Waals surface area contributed by atoms with Crippen LogP contribution in [0.25, 0.3) is 5.57 Å². The van der Waals surface area contributed by atoms with Gasteiger partial charge < -0.3 is 10.2 Å². The van der Waals surface area contributed by atoms with Crippen LogP contribution in [0.5, 0.6) is 0 Å². The molecule has 2 aromatic rings. The maximum absolute atomic E-state index is 13.5. The van der Waals surface area contributed by atoms with E-state index in [1.165, 1.54) is 11.8 Å². The predicted octanol–water partition coefficient (Wildman–Crippen LogP) is 3.05. The number of carbonyl (C=O) groups is 3. The number of benzene rings is 1. The van der Waals surface area contributed by atoms with Gasteiger partial charge in [0.15, 0.2) is 0 Å². The Balaban J connectivity index is 1.71. The fraction of sp³-hybridized carbons (Fsp3) is 0.333. The van der Waals surface area contributed by atoms with Crippen molar-refractivity contribution in [2.24, 2.45) is 5.92 Å². The molecule has 160 valence electrons. The van der Waals surface area contributed by atoms with Gasteiger partial charge in [0.05, 0.1) is 12.1 Å². The van der Waals surface area contributed by atoms with Crippen molar-refractivity contribution in [2.45, 2.75) is 33.2 Å². The summed E-state index contributed by atoms with van der Waals surface area (Å²) in [6, 6.07) is 10.7. The summed E-state index contributed by atoms with van der Waals surface area (Å²) < 4.78 is 0. The first kappa shape index (κ1) is 20.8. The summed E-state index contributed by atoms with van der Waals surface area (Å²) >= 11 is 0. The van der Waals surface area contributed by atoms with Crippen LogP contribution >= 0.6 is 0 Å². The highest BCUT2D eigenvalue weighted by Gasteiger charge is 2.42. The lowest BCUT2D eigenvalue weighted by atomic mass is 9.97. The molecule has 1 aromatic carbocycles. The van der Waals surface area contributed by atoms with Crippen molar-refractivity contribution in [3.05, 3.63) is 65.6 Å². The second-order valence-corrected chi connectivity index (χ2v) is 8.23. The standard InChI is InChI=1S/C24H26N4O3/c1-16-4-3-13-27(14-16)22-21(19-5-7-20(8-6-19)26-17(2)29)23(30)28(24(22)31)15-18-9-11-25-12-10-18/h5-12,16H,3-4,13-15H2,1-2H3,(H,26,29). The number of amides is 3. The number of nitrogens with zero attached hydrogens (tertiary/aromatic N) is 3. The number of carbonyl (C=O) groups excluding carboxylic acids is 3. The van der Waals surface area contributed by atoms with Gasteiger partial charge in [0, 0.05) is 38.1 Å². The smallest absolute Gasteiger partial charge is 0.278 e. The number of likely N-dealkylation sites (tertiary alicyclic amines) is 1. The van der Waals surface area contributed by atoms with Crippen molar-refractivity contribution >= 4 is 29.0 Å². The minimum atomic E-state index is -0.290. The van der Waals surface area contributed by atoms with Crippen LogP contribution < -0.4 is 5.32 Å². The molecular weight excluding hydrogens is 392 g/mol. The van der Waals surface area contributed by atoms with E-state index in [4.69, 9.17) is 0 Å². The van der Waals surface area contributed by atoms with Gasteiger partial charge in [0.2, 0.25) is 5.91 Å². The molecule has 0 spiro atoms. The summed E-state index contributed by atoms with van der Waals surface area (Å²) in [5.41, 5.74) is 3.10. The summed E-state index contributed by atoms with van der Waals surface area (Å²) in [5, 5.41) is 2.73. The highest BCUT2D eigenvalue weighted by molar-refractivity contribution is 6.35. The number of piperidine rings is 1. The fourth-order valence-corrected chi connectivity index (χ4v) is 4.25. The highest BCUT2D eigenvalue weighted by Crippen LogP contribution is 2.35. The molecule has 1 N–H and O–H groups in total. The third-order valence-electron chi connectivity index (χ3n) is 5.70. The molecule has 1 aromatic heterocycles. The van der Waals surface area contributed by atoms with Crippen LogP contribution in [0.15, 0.2) is 54.5 Å². The summed E-state index contributed by atoms with van der Waals surface area (Å²) in [6.07, 6.45) is 5.42. The molecular formula is C24H26N4O3. The molecule has 2 aliphatic heterocycles. The third kappa shape index (κ3) is 4.35. The molecule has 0 bridgehead atoms. The zero-order valence-electron chi connectivity index (χ0n) is 17.8. The number of pyridine rings is 1. The van der Waals surface area contributed by atoms with Gasteiger partial charge in [-0.05, 0) is 54.2 Å². The third-order valence-corrected chi connectivity index (χ3v) is 5.70. The van der Waals surface area contributed by atoms with Gasteiger partial charge >= 0.3 is 0 Å². The van der Waals surface area contributed by atoms with Crippen molar-refractivity contribution in [2.75, 3.05) is 18.4 Å². The molecule has 0 saturated carbocycles. The molecule has 31 heavy (non-hydrogen) atoms. The maximum atomic E-state index is 13.5. The maximum Gasteiger partial charge on any atom is 0.278 e. The van der Waals surface area contributed by atoms with E-state index in [2.05, 4.69) is 22.1 Å². The SMILES string of the molecule is CC(=O)Nc1ccc(C2=C(N3CCCC(C)C3)C(=O)N(Cc3ccncc3)C2=O)cc1. The number of hydrogen-bond donors (Lipinski definition) is 1.